The maximum Gasteiger partial charge on any atom is 0.0408 e. The van der Waals surface area contributed by atoms with Gasteiger partial charge in [-0.05, 0) is 50.1 Å². The summed E-state index contributed by atoms with van der Waals surface area (Å²) in [6.07, 6.45) is 6.00. The highest BCUT2D eigenvalue weighted by Crippen LogP contribution is 2.46. The molecule has 2 rings (SSSR count). The highest BCUT2D eigenvalue weighted by atomic mass is 35.5. The third-order valence-electron chi connectivity index (χ3n) is 3.44. The molecule has 1 aliphatic rings. The largest absolute Gasteiger partial charge is 0.313 e. The van der Waals surface area contributed by atoms with Gasteiger partial charge in [0.05, 0.1) is 0 Å². The van der Waals surface area contributed by atoms with Crippen LogP contribution in [0.1, 0.15) is 25.3 Å². The van der Waals surface area contributed by atoms with E-state index in [0.29, 0.717) is 10.8 Å². The van der Waals surface area contributed by atoms with E-state index in [1.807, 2.05) is 23.9 Å². The molecule has 0 spiro atoms. The van der Waals surface area contributed by atoms with Crippen LogP contribution < -0.4 is 5.32 Å². The molecule has 0 aromatic heterocycles. The van der Waals surface area contributed by atoms with Crippen LogP contribution in [-0.2, 0) is 6.42 Å². The Balaban J connectivity index is 1.79. The molecule has 1 N–H and O–H groups in total. The minimum Gasteiger partial charge on any atom is -0.313 e. The van der Waals surface area contributed by atoms with Crippen molar-refractivity contribution in [1.82, 2.24) is 5.32 Å². The van der Waals surface area contributed by atoms with E-state index in [4.69, 9.17) is 11.6 Å². The van der Waals surface area contributed by atoms with Crippen molar-refractivity contribution in [2.45, 2.75) is 37.0 Å². The molecule has 0 heterocycles. The first kappa shape index (κ1) is 13.3. The van der Waals surface area contributed by atoms with Crippen LogP contribution in [0.2, 0.25) is 5.02 Å². The topological polar surface area (TPSA) is 12.0 Å². The molecule has 1 aromatic carbocycles. The van der Waals surface area contributed by atoms with Crippen LogP contribution in [0.5, 0.6) is 0 Å². The lowest BCUT2D eigenvalue weighted by atomic mass is 10.1. The van der Waals surface area contributed by atoms with E-state index in [0.717, 1.165) is 18.0 Å². The zero-order chi connectivity index (χ0) is 12.3. The van der Waals surface area contributed by atoms with Crippen LogP contribution in [0.3, 0.4) is 0 Å². The Bertz CT molecular complexity index is 376. The van der Waals surface area contributed by atoms with Gasteiger partial charge >= 0.3 is 0 Å². The molecule has 17 heavy (non-hydrogen) atoms. The molecule has 1 nitrogen and oxygen atoms in total. The molecule has 1 fully saturated rings. The lowest BCUT2D eigenvalue weighted by Gasteiger charge is -2.18. The first-order chi connectivity index (χ1) is 8.13. The number of hydrogen-bond donors (Lipinski definition) is 1. The summed E-state index contributed by atoms with van der Waals surface area (Å²) in [6.45, 7) is 3.38. The molecule has 0 bridgehead atoms. The van der Waals surface area contributed by atoms with E-state index in [9.17, 15) is 0 Å². The summed E-state index contributed by atoms with van der Waals surface area (Å²) in [5, 5.41) is 4.47. The third kappa shape index (κ3) is 3.90. The molecule has 1 atom stereocenters. The molecule has 94 valence electrons. The SMILES string of the molecule is CSC1(CNC(C)Cc2cccc(Cl)c2)CC1. The Kier molecular flexibility index (Phi) is 4.40. The van der Waals surface area contributed by atoms with E-state index < -0.39 is 0 Å². The summed E-state index contributed by atoms with van der Waals surface area (Å²) < 4.78 is 0.544. The lowest BCUT2D eigenvalue weighted by Crippen LogP contribution is -2.34. The Morgan fingerprint density at radius 1 is 1.47 bits per heavy atom. The fraction of sp³-hybridized carbons (Fsp3) is 0.571. The van der Waals surface area contributed by atoms with Gasteiger partial charge in [0.1, 0.15) is 0 Å². The van der Waals surface area contributed by atoms with Crippen LogP contribution in [-0.4, -0.2) is 23.6 Å². The lowest BCUT2D eigenvalue weighted by molar-refractivity contribution is 0.538. The molecule has 0 radical (unpaired) electrons. The quantitative estimate of drug-likeness (QED) is 0.844. The second-order valence-corrected chi connectivity index (χ2v) is 6.71. The number of rotatable bonds is 6. The van der Waals surface area contributed by atoms with Gasteiger partial charge in [-0.2, -0.15) is 11.8 Å². The van der Waals surface area contributed by atoms with Crippen molar-refractivity contribution in [3.05, 3.63) is 34.9 Å². The van der Waals surface area contributed by atoms with Crippen LogP contribution >= 0.6 is 23.4 Å². The van der Waals surface area contributed by atoms with E-state index in [1.165, 1.54) is 18.4 Å². The van der Waals surface area contributed by atoms with Gasteiger partial charge < -0.3 is 5.32 Å². The maximum absolute atomic E-state index is 5.99. The highest BCUT2D eigenvalue weighted by molar-refractivity contribution is 8.00. The summed E-state index contributed by atoms with van der Waals surface area (Å²) in [5.74, 6) is 0. The first-order valence-electron chi connectivity index (χ1n) is 6.16. The van der Waals surface area contributed by atoms with Crippen LogP contribution in [0.15, 0.2) is 24.3 Å². The van der Waals surface area contributed by atoms with Crippen molar-refractivity contribution in [2.75, 3.05) is 12.8 Å². The average molecular weight is 270 g/mol. The van der Waals surface area contributed by atoms with E-state index in [2.05, 4.69) is 30.6 Å². The molecule has 1 aliphatic carbocycles. The van der Waals surface area contributed by atoms with E-state index in [1.54, 1.807) is 0 Å². The monoisotopic (exact) mass is 269 g/mol. The zero-order valence-corrected chi connectivity index (χ0v) is 12.1. The molecular weight excluding hydrogens is 250 g/mol. The molecule has 0 aliphatic heterocycles. The zero-order valence-electron chi connectivity index (χ0n) is 10.5. The molecule has 1 unspecified atom stereocenters. The predicted molar refractivity (Wildman–Crippen MR) is 78.1 cm³/mol. The molecule has 3 heteroatoms. The fourth-order valence-corrected chi connectivity index (χ4v) is 2.99. The predicted octanol–water partition coefficient (Wildman–Crippen LogP) is 3.76. The van der Waals surface area contributed by atoms with Crippen molar-refractivity contribution in [1.29, 1.82) is 0 Å². The molecule has 0 saturated heterocycles. The Labute approximate surface area is 113 Å². The Morgan fingerprint density at radius 3 is 2.82 bits per heavy atom. The summed E-state index contributed by atoms with van der Waals surface area (Å²) in [6, 6.07) is 8.66. The van der Waals surface area contributed by atoms with Crippen molar-refractivity contribution < 1.29 is 0 Å². The van der Waals surface area contributed by atoms with Gasteiger partial charge in [-0.25, -0.2) is 0 Å². The number of hydrogen-bond acceptors (Lipinski definition) is 2. The van der Waals surface area contributed by atoms with Gasteiger partial charge in [0.15, 0.2) is 0 Å². The minimum atomic E-state index is 0.512. The van der Waals surface area contributed by atoms with Crippen molar-refractivity contribution in [3.8, 4) is 0 Å². The van der Waals surface area contributed by atoms with Crippen molar-refractivity contribution in [2.24, 2.45) is 0 Å². The molecule has 1 saturated carbocycles. The van der Waals surface area contributed by atoms with E-state index >= 15 is 0 Å². The summed E-state index contributed by atoms with van der Waals surface area (Å²) >= 11 is 7.99. The third-order valence-corrected chi connectivity index (χ3v) is 5.10. The highest BCUT2D eigenvalue weighted by Gasteiger charge is 2.41. The molecule has 0 amide bonds. The number of thioether (sulfide) groups is 1. The van der Waals surface area contributed by atoms with E-state index in [-0.39, 0.29) is 0 Å². The van der Waals surface area contributed by atoms with Crippen molar-refractivity contribution >= 4 is 23.4 Å². The van der Waals surface area contributed by atoms with Gasteiger partial charge in [-0.1, -0.05) is 23.7 Å². The Morgan fingerprint density at radius 2 is 2.24 bits per heavy atom. The molecular formula is C14H20ClNS. The fourth-order valence-electron chi connectivity index (χ4n) is 2.04. The van der Waals surface area contributed by atoms with Gasteiger partial charge in [0, 0.05) is 22.4 Å². The maximum atomic E-state index is 5.99. The number of halogens is 1. The Hall–Kier alpha value is -0.180. The normalized spacial score (nSPS) is 19.0. The second kappa shape index (κ2) is 5.64. The van der Waals surface area contributed by atoms with Crippen molar-refractivity contribution in [3.63, 3.8) is 0 Å². The summed E-state index contributed by atoms with van der Waals surface area (Å²) in [4.78, 5) is 0. The van der Waals surface area contributed by atoms with Gasteiger partial charge in [0.25, 0.3) is 0 Å². The smallest absolute Gasteiger partial charge is 0.0408 e. The van der Waals surface area contributed by atoms with Crippen LogP contribution in [0.25, 0.3) is 0 Å². The van der Waals surface area contributed by atoms with Crippen LogP contribution in [0.4, 0.5) is 0 Å². The summed E-state index contributed by atoms with van der Waals surface area (Å²) in [5.41, 5.74) is 1.31. The average Bonchev–Trinajstić information content (AvgIpc) is 3.07. The van der Waals surface area contributed by atoms with Gasteiger partial charge in [0.2, 0.25) is 0 Å². The number of benzene rings is 1. The molecule has 1 aromatic rings. The van der Waals surface area contributed by atoms with Gasteiger partial charge in [-0.3, -0.25) is 0 Å². The van der Waals surface area contributed by atoms with Crippen LogP contribution in [0, 0.1) is 0 Å². The van der Waals surface area contributed by atoms with Gasteiger partial charge in [-0.15, -0.1) is 0 Å². The first-order valence-corrected chi connectivity index (χ1v) is 7.77. The minimum absolute atomic E-state index is 0.512. The number of nitrogens with one attached hydrogen (secondary N) is 1. The summed E-state index contributed by atoms with van der Waals surface area (Å²) in [7, 11) is 0. The standard InChI is InChI=1S/C14H20ClNS/c1-11(16-10-14(17-2)6-7-14)8-12-4-3-5-13(15)9-12/h3-5,9,11,16H,6-8,10H2,1-2H3. The second-order valence-electron chi connectivity index (χ2n) is 5.00.